The molecule has 0 aromatic rings. The van der Waals surface area contributed by atoms with Gasteiger partial charge in [0.2, 0.25) is 0 Å². The van der Waals surface area contributed by atoms with E-state index in [4.69, 9.17) is 0 Å². The van der Waals surface area contributed by atoms with Crippen molar-refractivity contribution in [2.24, 2.45) is 4.99 Å². The van der Waals surface area contributed by atoms with Gasteiger partial charge in [-0.25, -0.2) is 0 Å². The van der Waals surface area contributed by atoms with Gasteiger partial charge in [-0.3, -0.25) is 4.99 Å². The standard InChI is InChI=1S/C5H8NS/c1-5(2)3-7-4-6-5/h3H2,1-2H3. The fourth-order valence-corrected chi connectivity index (χ4v) is 1.19. The summed E-state index contributed by atoms with van der Waals surface area (Å²) in [6.07, 6.45) is 0. The first kappa shape index (κ1) is 5.16. The third kappa shape index (κ3) is 1.20. The Kier molecular flexibility index (Phi) is 1.11. The van der Waals surface area contributed by atoms with Crippen LogP contribution >= 0.6 is 11.8 Å². The van der Waals surface area contributed by atoms with Crippen molar-refractivity contribution < 1.29 is 0 Å². The van der Waals surface area contributed by atoms with E-state index in [-0.39, 0.29) is 5.54 Å². The van der Waals surface area contributed by atoms with Crippen LogP contribution in [0, 0.1) is 0 Å². The van der Waals surface area contributed by atoms with Crippen LogP contribution in [-0.4, -0.2) is 16.8 Å². The van der Waals surface area contributed by atoms with E-state index in [9.17, 15) is 0 Å². The van der Waals surface area contributed by atoms with Gasteiger partial charge in [-0.05, 0) is 13.8 Å². The molecular formula is C5H8NS. The maximum absolute atomic E-state index is 4.08. The SMILES string of the molecule is CC1(C)CS[C]=N1. The quantitative estimate of drug-likeness (QED) is 0.464. The molecule has 1 nitrogen and oxygen atoms in total. The van der Waals surface area contributed by atoms with E-state index in [1.54, 1.807) is 11.8 Å². The Bertz CT molecular complexity index is 96.3. The van der Waals surface area contributed by atoms with Crippen molar-refractivity contribution >= 4 is 17.3 Å². The lowest BCUT2D eigenvalue weighted by molar-refractivity contribution is 0.606. The van der Waals surface area contributed by atoms with Crippen molar-refractivity contribution in [1.82, 2.24) is 0 Å². The predicted octanol–water partition coefficient (Wildman–Crippen LogP) is 1.42. The van der Waals surface area contributed by atoms with Crippen LogP contribution in [0.4, 0.5) is 0 Å². The van der Waals surface area contributed by atoms with E-state index < -0.39 is 0 Å². The van der Waals surface area contributed by atoms with Crippen molar-refractivity contribution in [2.75, 3.05) is 5.75 Å². The van der Waals surface area contributed by atoms with Crippen molar-refractivity contribution in [1.29, 1.82) is 0 Å². The molecule has 0 saturated heterocycles. The van der Waals surface area contributed by atoms with Gasteiger partial charge in [0.15, 0.2) is 0 Å². The van der Waals surface area contributed by atoms with Crippen molar-refractivity contribution in [3.8, 4) is 0 Å². The lowest BCUT2D eigenvalue weighted by atomic mass is 10.1. The summed E-state index contributed by atoms with van der Waals surface area (Å²) < 4.78 is 0. The lowest BCUT2D eigenvalue weighted by Gasteiger charge is -2.09. The van der Waals surface area contributed by atoms with Gasteiger partial charge in [0.25, 0.3) is 0 Å². The summed E-state index contributed by atoms with van der Waals surface area (Å²) in [5.41, 5.74) is 3.03. The first-order valence-electron chi connectivity index (χ1n) is 2.29. The van der Waals surface area contributed by atoms with Crippen LogP contribution in [0.2, 0.25) is 0 Å². The summed E-state index contributed by atoms with van der Waals surface area (Å²) in [5, 5.41) is 0. The zero-order valence-corrected chi connectivity index (χ0v) is 5.38. The fraction of sp³-hybridized carbons (Fsp3) is 0.800. The number of thioether (sulfide) groups is 1. The molecule has 0 aliphatic carbocycles. The normalized spacial score (nSPS) is 26.0. The maximum Gasteiger partial charge on any atom is 0.123 e. The van der Waals surface area contributed by atoms with Gasteiger partial charge in [-0.1, -0.05) is 0 Å². The highest BCUT2D eigenvalue weighted by molar-refractivity contribution is 8.12. The van der Waals surface area contributed by atoms with Crippen LogP contribution in [0.3, 0.4) is 0 Å². The highest BCUT2D eigenvalue weighted by atomic mass is 32.2. The van der Waals surface area contributed by atoms with E-state index in [0.717, 1.165) is 5.75 Å². The second kappa shape index (κ2) is 1.51. The van der Waals surface area contributed by atoms with E-state index in [1.807, 2.05) is 0 Å². The second-order valence-electron chi connectivity index (χ2n) is 2.30. The van der Waals surface area contributed by atoms with Gasteiger partial charge in [0, 0.05) is 5.75 Å². The zero-order chi connectivity index (χ0) is 5.33. The summed E-state index contributed by atoms with van der Waals surface area (Å²) in [6.45, 7) is 4.22. The van der Waals surface area contributed by atoms with Gasteiger partial charge in [0.1, 0.15) is 5.55 Å². The van der Waals surface area contributed by atoms with Crippen molar-refractivity contribution in [2.45, 2.75) is 19.4 Å². The molecule has 0 bridgehead atoms. The van der Waals surface area contributed by atoms with Crippen LogP contribution < -0.4 is 0 Å². The first-order chi connectivity index (χ1) is 3.21. The molecular weight excluding hydrogens is 106 g/mol. The Morgan fingerprint density at radius 3 is 2.57 bits per heavy atom. The van der Waals surface area contributed by atoms with E-state index in [0.29, 0.717) is 0 Å². The smallest absolute Gasteiger partial charge is 0.123 e. The van der Waals surface area contributed by atoms with Crippen molar-refractivity contribution in [3.05, 3.63) is 0 Å². The first-order valence-corrected chi connectivity index (χ1v) is 3.28. The number of rotatable bonds is 0. The minimum Gasteiger partial charge on any atom is -0.269 e. The zero-order valence-electron chi connectivity index (χ0n) is 4.56. The van der Waals surface area contributed by atoms with E-state index >= 15 is 0 Å². The number of aliphatic imine (C=N–C) groups is 1. The molecule has 0 aromatic heterocycles. The molecule has 0 spiro atoms. The molecule has 39 valence electrons. The van der Waals surface area contributed by atoms with Crippen LogP contribution in [0.15, 0.2) is 4.99 Å². The van der Waals surface area contributed by atoms with Gasteiger partial charge >= 0.3 is 0 Å². The second-order valence-corrected chi connectivity index (χ2v) is 3.06. The minimum absolute atomic E-state index is 0.171. The summed E-state index contributed by atoms with van der Waals surface area (Å²) in [7, 11) is 0. The molecule has 1 aliphatic heterocycles. The van der Waals surface area contributed by atoms with Crippen LogP contribution in [0.5, 0.6) is 0 Å². The molecule has 1 rings (SSSR count). The highest BCUT2D eigenvalue weighted by Crippen LogP contribution is 2.21. The number of hydrogen-bond acceptors (Lipinski definition) is 2. The molecule has 1 heterocycles. The van der Waals surface area contributed by atoms with Gasteiger partial charge in [-0.15, -0.1) is 11.8 Å². The Hall–Kier alpha value is 0.0200. The Morgan fingerprint density at radius 2 is 2.43 bits per heavy atom. The third-order valence-electron chi connectivity index (χ3n) is 0.838. The third-order valence-corrected chi connectivity index (χ3v) is 1.91. The number of nitrogens with zero attached hydrogens (tertiary/aromatic N) is 1. The Morgan fingerprint density at radius 1 is 1.71 bits per heavy atom. The monoisotopic (exact) mass is 114 g/mol. The van der Waals surface area contributed by atoms with E-state index in [1.165, 1.54) is 0 Å². The Balaban J connectivity index is 2.57. The van der Waals surface area contributed by atoms with Gasteiger partial charge < -0.3 is 0 Å². The highest BCUT2D eigenvalue weighted by Gasteiger charge is 2.19. The molecule has 0 unspecified atom stereocenters. The molecule has 0 saturated carbocycles. The van der Waals surface area contributed by atoms with Crippen molar-refractivity contribution in [3.63, 3.8) is 0 Å². The summed E-state index contributed by atoms with van der Waals surface area (Å²) in [4.78, 5) is 4.08. The predicted molar refractivity (Wildman–Crippen MR) is 34.0 cm³/mol. The lowest BCUT2D eigenvalue weighted by Crippen LogP contribution is -2.14. The molecule has 7 heavy (non-hydrogen) atoms. The molecule has 1 aliphatic rings. The molecule has 0 atom stereocenters. The largest absolute Gasteiger partial charge is 0.269 e. The van der Waals surface area contributed by atoms with E-state index in [2.05, 4.69) is 24.4 Å². The van der Waals surface area contributed by atoms with Gasteiger partial charge in [0.05, 0.1) is 5.54 Å². The molecule has 0 fully saturated rings. The topological polar surface area (TPSA) is 12.4 Å². The summed E-state index contributed by atoms with van der Waals surface area (Å²) >= 11 is 1.66. The molecule has 0 amide bonds. The molecule has 1 radical (unpaired) electrons. The molecule has 0 aromatic carbocycles. The number of hydrogen-bond donors (Lipinski definition) is 0. The molecule has 0 N–H and O–H groups in total. The van der Waals surface area contributed by atoms with Crippen LogP contribution in [0.25, 0.3) is 0 Å². The Labute approximate surface area is 48.2 Å². The summed E-state index contributed by atoms with van der Waals surface area (Å²) in [6, 6.07) is 0. The van der Waals surface area contributed by atoms with Crippen LogP contribution in [0.1, 0.15) is 13.8 Å². The summed E-state index contributed by atoms with van der Waals surface area (Å²) in [5.74, 6) is 1.09. The van der Waals surface area contributed by atoms with Gasteiger partial charge in [-0.2, -0.15) is 0 Å². The fourth-order valence-electron chi connectivity index (χ4n) is 0.397. The molecule has 2 heteroatoms. The average Bonchev–Trinajstić information content (AvgIpc) is 1.84. The average molecular weight is 114 g/mol. The minimum atomic E-state index is 0.171. The van der Waals surface area contributed by atoms with Crippen LogP contribution in [-0.2, 0) is 0 Å². The maximum atomic E-state index is 4.08.